The molecule has 5 aliphatic rings. The Balaban J connectivity index is 1.27. The number of rotatable bonds is 7. The van der Waals surface area contributed by atoms with Gasteiger partial charge in [0.05, 0.1) is 17.6 Å². The Bertz CT molecular complexity index is 813. The molecule has 6 rings (SSSR count). The molecule has 2 bridgehead atoms. The molecule has 32 heavy (non-hydrogen) atoms. The molecule has 0 aromatic heterocycles. The fraction of sp³-hybridized carbons (Fsp3) is 0.731. The van der Waals surface area contributed by atoms with Gasteiger partial charge in [-0.25, -0.2) is 0 Å². The van der Waals surface area contributed by atoms with E-state index in [1.807, 2.05) is 6.07 Å². The number of hydrogen-bond acceptors (Lipinski definition) is 4. The molecule has 2 saturated heterocycles. The van der Waals surface area contributed by atoms with Gasteiger partial charge >= 0.3 is 7.12 Å². The van der Waals surface area contributed by atoms with Crippen LogP contribution in [0.1, 0.15) is 71.3 Å². The van der Waals surface area contributed by atoms with Crippen molar-refractivity contribution in [3.63, 3.8) is 0 Å². The highest BCUT2D eigenvalue weighted by molar-refractivity contribution is 6.48. The average Bonchev–Trinajstić information content (AvgIpc) is 3.16. The molecule has 3 saturated carbocycles. The third-order valence-corrected chi connectivity index (χ3v) is 9.07. The number of benzene rings is 1. The van der Waals surface area contributed by atoms with E-state index in [1.54, 1.807) is 0 Å². The van der Waals surface area contributed by atoms with Crippen LogP contribution in [0.2, 0.25) is 0 Å². The Labute approximate surface area is 193 Å². The quantitative estimate of drug-likeness (QED) is 0.634. The lowest BCUT2D eigenvalue weighted by Gasteiger charge is -2.64. The van der Waals surface area contributed by atoms with E-state index in [0.717, 1.165) is 31.7 Å². The van der Waals surface area contributed by atoms with Crippen LogP contribution in [0.5, 0.6) is 0 Å². The summed E-state index contributed by atoms with van der Waals surface area (Å²) in [5.74, 6) is 1.18. The van der Waals surface area contributed by atoms with Crippen LogP contribution in [0.25, 0.3) is 0 Å². The van der Waals surface area contributed by atoms with E-state index in [9.17, 15) is 4.79 Å². The molecule has 3 aliphatic carbocycles. The maximum Gasteiger partial charge on any atom is 0.482 e. The standard InChI is InChI=1S/C26H39BN2O3/c1-25(2)19-16-21(25)26(3)22(17-19)31-27(32-26)23(15-18-9-5-4-6-10-18)29-24(30)13-12-20-11-7-8-14-28-20/h4-6,9-10,19-23,28H,7-8,11-17H2,1-3H3,(H,29,30)/t19-,20?,21-,22+,23?,26-/m0/s1. The molecular formula is C26H39BN2O3. The topological polar surface area (TPSA) is 59.6 Å². The first-order chi connectivity index (χ1) is 15.4. The molecule has 1 amide bonds. The van der Waals surface area contributed by atoms with Crippen LogP contribution in [0.4, 0.5) is 0 Å². The molecule has 0 spiro atoms. The maximum absolute atomic E-state index is 13.0. The fourth-order valence-electron chi connectivity index (χ4n) is 6.91. The van der Waals surface area contributed by atoms with Crippen LogP contribution < -0.4 is 10.6 Å². The third-order valence-electron chi connectivity index (χ3n) is 9.07. The SMILES string of the molecule is CC1(C)[C@@H]2C[C@H]3OB(C(Cc4ccccc4)NC(=O)CCC4CCCCN4)O[C@@]3(C)[C@H]1C2. The van der Waals surface area contributed by atoms with Gasteiger partial charge in [-0.05, 0) is 74.8 Å². The monoisotopic (exact) mass is 438 g/mol. The summed E-state index contributed by atoms with van der Waals surface area (Å²) in [6, 6.07) is 10.8. The lowest BCUT2D eigenvalue weighted by molar-refractivity contribution is -0.199. The molecule has 2 unspecified atom stereocenters. The van der Waals surface area contributed by atoms with Crippen LogP contribution in [0, 0.1) is 17.3 Å². The second-order valence-corrected chi connectivity index (χ2v) is 11.4. The molecular weight excluding hydrogens is 399 g/mol. The molecule has 174 valence electrons. The van der Waals surface area contributed by atoms with Crippen molar-refractivity contribution in [3.05, 3.63) is 35.9 Å². The molecule has 0 radical (unpaired) electrons. The van der Waals surface area contributed by atoms with E-state index in [-0.39, 0.29) is 23.6 Å². The minimum atomic E-state index is -0.392. The van der Waals surface area contributed by atoms with Crippen molar-refractivity contribution in [3.8, 4) is 0 Å². The summed E-state index contributed by atoms with van der Waals surface area (Å²) in [7, 11) is -0.392. The highest BCUT2D eigenvalue weighted by atomic mass is 16.7. The van der Waals surface area contributed by atoms with Crippen molar-refractivity contribution < 1.29 is 14.1 Å². The van der Waals surface area contributed by atoms with Crippen molar-refractivity contribution in [2.24, 2.45) is 17.3 Å². The summed E-state index contributed by atoms with van der Waals surface area (Å²) < 4.78 is 13.3. The first kappa shape index (κ1) is 22.4. The summed E-state index contributed by atoms with van der Waals surface area (Å²) in [5, 5.41) is 6.86. The van der Waals surface area contributed by atoms with Crippen molar-refractivity contribution >= 4 is 13.0 Å². The predicted molar refractivity (Wildman–Crippen MR) is 127 cm³/mol. The van der Waals surface area contributed by atoms with Crippen LogP contribution >= 0.6 is 0 Å². The average molecular weight is 438 g/mol. The zero-order valence-electron chi connectivity index (χ0n) is 19.9. The van der Waals surface area contributed by atoms with Crippen LogP contribution in [-0.4, -0.2) is 43.3 Å². The highest BCUT2D eigenvalue weighted by Crippen LogP contribution is 2.65. The lowest BCUT2D eigenvalue weighted by Crippen LogP contribution is -2.65. The van der Waals surface area contributed by atoms with E-state index in [0.29, 0.717) is 23.8 Å². The van der Waals surface area contributed by atoms with E-state index in [2.05, 4.69) is 55.7 Å². The molecule has 2 heterocycles. The number of piperidine rings is 1. The van der Waals surface area contributed by atoms with Crippen molar-refractivity contribution in [1.29, 1.82) is 0 Å². The summed E-state index contributed by atoms with van der Waals surface area (Å²) in [6.07, 6.45) is 8.28. The molecule has 6 atom stereocenters. The first-order valence-corrected chi connectivity index (χ1v) is 12.8. The summed E-state index contributed by atoms with van der Waals surface area (Å²) >= 11 is 0. The minimum Gasteiger partial charge on any atom is -0.404 e. The van der Waals surface area contributed by atoms with Gasteiger partial charge in [0.2, 0.25) is 5.91 Å². The van der Waals surface area contributed by atoms with Gasteiger partial charge in [-0.1, -0.05) is 50.6 Å². The van der Waals surface area contributed by atoms with E-state index < -0.39 is 7.12 Å². The van der Waals surface area contributed by atoms with Gasteiger partial charge in [-0.15, -0.1) is 0 Å². The minimum absolute atomic E-state index is 0.107. The van der Waals surface area contributed by atoms with Gasteiger partial charge in [-0.3, -0.25) is 4.79 Å². The van der Waals surface area contributed by atoms with Crippen LogP contribution in [0.3, 0.4) is 0 Å². The van der Waals surface area contributed by atoms with E-state index >= 15 is 0 Å². The smallest absolute Gasteiger partial charge is 0.404 e. The summed E-state index contributed by atoms with van der Waals surface area (Å²) in [5.41, 5.74) is 1.26. The van der Waals surface area contributed by atoms with Gasteiger partial charge in [0, 0.05) is 12.5 Å². The lowest BCUT2D eigenvalue weighted by atomic mass is 9.43. The number of hydrogen-bond donors (Lipinski definition) is 2. The second-order valence-electron chi connectivity index (χ2n) is 11.4. The van der Waals surface area contributed by atoms with Crippen molar-refractivity contribution in [2.75, 3.05) is 6.54 Å². The van der Waals surface area contributed by atoms with E-state index in [1.165, 1.54) is 31.2 Å². The molecule has 5 nitrogen and oxygen atoms in total. The largest absolute Gasteiger partial charge is 0.482 e. The zero-order valence-corrected chi connectivity index (χ0v) is 19.9. The third kappa shape index (κ3) is 4.14. The number of nitrogens with one attached hydrogen (secondary N) is 2. The van der Waals surface area contributed by atoms with Crippen LogP contribution in [-0.2, 0) is 20.5 Å². The molecule has 6 heteroatoms. The van der Waals surface area contributed by atoms with E-state index in [4.69, 9.17) is 9.31 Å². The van der Waals surface area contributed by atoms with Gasteiger partial charge in [0.1, 0.15) is 0 Å². The highest BCUT2D eigenvalue weighted by Gasteiger charge is 2.68. The first-order valence-electron chi connectivity index (χ1n) is 12.8. The summed E-state index contributed by atoms with van der Waals surface area (Å²) in [4.78, 5) is 13.0. The van der Waals surface area contributed by atoms with Crippen molar-refractivity contribution in [2.45, 2.75) is 95.8 Å². The number of amides is 1. The molecule has 2 aliphatic heterocycles. The van der Waals surface area contributed by atoms with Gasteiger partial charge in [0.15, 0.2) is 0 Å². The molecule has 2 N–H and O–H groups in total. The number of carbonyl (C=O) groups is 1. The second kappa shape index (κ2) is 8.77. The maximum atomic E-state index is 13.0. The Kier molecular flexibility index (Phi) is 6.15. The Morgan fingerprint density at radius 2 is 2.03 bits per heavy atom. The molecule has 1 aromatic carbocycles. The van der Waals surface area contributed by atoms with Gasteiger partial charge < -0.3 is 19.9 Å². The van der Waals surface area contributed by atoms with Crippen LogP contribution in [0.15, 0.2) is 30.3 Å². The van der Waals surface area contributed by atoms with Crippen molar-refractivity contribution in [1.82, 2.24) is 10.6 Å². The number of carbonyl (C=O) groups excluding carboxylic acids is 1. The Morgan fingerprint density at radius 3 is 2.75 bits per heavy atom. The zero-order chi connectivity index (χ0) is 22.3. The fourth-order valence-corrected chi connectivity index (χ4v) is 6.91. The molecule has 5 fully saturated rings. The van der Waals surface area contributed by atoms with Gasteiger partial charge in [-0.2, -0.15) is 0 Å². The van der Waals surface area contributed by atoms with Gasteiger partial charge in [0.25, 0.3) is 0 Å². The molecule has 1 aromatic rings. The summed E-state index contributed by atoms with van der Waals surface area (Å²) in [6.45, 7) is 8.08. The predicted octanol–water partition coefficient (Wildman–Crippen LogP) is 3.90. The Morgan fingerprint density at radius 1 is 1.22 bits per heavy atom. The normalized spacial score (nSPS) is 36.2. The Hall–Kier alpha value is -1.37.